The third-order valence-electron chi connectivity index (χ3n) is 5.41. The zero-order valence-corrected chi connectivity index (χ0v) is 21.1. The van der Waals surface area contributed by atoms with E-state index in [-0.39, 0.29) is 41.6 Å². The first-order valence-corrected chi connectivity index (χ1v) is 11.8. The topological polar surface area (TPSA) is 31.2 Å². The summed E-state index contributed by atoms with van der Waals surface area (Å²) in [7, 11) is 0. The number of amidine groups is 2. The molecule has 2 aromatic carbocycles. The van der Waals surface area contributed by atoms with Gasteiger partial charge in [0.05, 0.1) is 12.1 Å². The normalized spacial score (nSPS) is 22.6. The maximum Gasteiger partial charge on any atom is 2.00 e. The van der Waals surface area contributed by atoms with E-state index >= 15 is 0 Å². The molecule has 9 heteroatoms. The maximum atomic E-state index is 4.73. The van der Waals surface area contributed by atoms with Crippen molar-refractivity contribution in [2.24, 2.45) is 9.98 Å². The molecule has 2 saturated heterocycles. The zero-order chi connectivity index (χ0) is 18.8. The molecule has 2 fully saturated rings. The second-order valence-electron chi connectivity index (χ2n) is 7.27. The Morgan fingerprint density at radius 1 is 0.645 bits per heavy atom. The van der Waals surface area contributed by atoms with Crippen LogP contribution in [-0.4, -0.2) is 57.8 Å². The molecule has 0 amide bonds. The summed E-state index contributed by atoms with van der Waals surface area (Å²) in [6, 6.07) is 21.9. The standard InChI is InChI=1S/2C11H12N2S.2ClH.Co/c2*1-2-4-9(5-3-1)10-8-13-6-7-14-11(13)12-10;;;/h2*1-5,10H,6-8H2;2*1H;/q;;;;+2/p-2. The molecule has 1 radical (unpaired) electrons. The fourth-order valence-corrected chi connectivity index (χ4v) is 6.01. The van der Waals surface area contributed by atoms with Crippen LogP contribution < -0.4 is 24.8 Å². The van der Waals surface area contributed by atoms with Crippen LogP contribution in [0.5, 0.6) is 0 Å². The number of hydrogen-bond acceptors (Lipinski definition) is 6. The van der Waals surface area contributed by atoms with Gasteiger partial charge in [-0.1, -0.05) is 84.2 Å². The van der Waals surface area contributed by atoms with Gasteiger partial charge in [0.15, 0.2) is 10.3 Å². The molecule has 0 bridgehead atoms. The van der Waals surface area contributed by atoms with E-state index in [1.54, 1.807) is 0 Å². The van der Waals surface area contributed by atoms with Crippen molar-refractivity contribution >= 4 is 33.9 Å². The minimum atomic E-state index is 0. The number of rotatable bonds is 2. The molecule has 6 rings (SSSR count). The Bertz CT molecular complexity index is 812. The first-order chi connectivity index (χ1) is 13.9. The van der Waals surface area contributed by atoms with E-state index < -0.39 is 0 Å². The third-order valence-corrected chi connectivity index (χ3v) is 7.43. The van der Waals surface area contributed by atoms with Crippen LogP contribution in [0, 0.1) is 0 Å². The van der Waals surface area contributed by atoms with Crippen LogP contribution in [0.15, 0.2) is 70.6 Å². The molecule has 4 aliphatic rings. The van der Waals surface area contributed by atoms with Crippen LogP contribution in [0.4, 0.5) is 0 Å². The third kappa shape index (κ3) is 6.15. The van der Waals surface area contributed by atoms with Gasteiger partial charge < -0.3 is 34.6 Å². The summed E-state index contributed by atoms with van der Waals surface area (Å²) in [6.07, 6.45) is 0. The fraction of sp³-hybridized carbons (Fsp3) is 0.364. The molecule has 0 saturated carbocycles. The molecule has 167 valence electrons. The van der Waals surface area contributed by atoms with E-state index in [1.807, 2.05) is 23.5 Å². The Labute approximate surface area is 215 Å². The summed E-state index contributed by atoms with van der Waals surface area (Å²) < 4.78 is 0. The monoisotopic (exact) mass is 537 g/mol. The molecule has 31 heavy (non-hydrogen) atoms. The molecule has 4 nitrogen and oxygen atoms in total. The number of benzene rings is 2. The average molecular weight is 538 g/mol. The van der Waals surface area contributed by atoms with Crippen LogP contribution in [0.2, 0.25) is 0 Å². The van der Waals surface area contributed by atoms with Gasteiger partial charge >= 0.3 is 16.8 Å². The van der Waals surface area contributed by atoms with Gasteiger partial charge in [0.2, 0.25) is 0 Å². The smallest absolute Gasteiger partial charge is 1.00 e. The molecule has 0 aromatic heterocycles. The summed E-state index contributed by atoms with van der Waals surface area (Å²) in [4.78, 5) is 14.2. The van der Waals surface area contributed by atoms with Gasteiger partial charge in [-0.3, -0.25) is 9.98 Å². The largest absolute Gasteiger partial charge is 2.00 e. The van der Waals surface area contributed by atoms with Crippen molar-refractivity contribution in [1.82, 2.24) is 9.80 Å². The van der Waals surface area contributed by atoms with Crippen molar-refractivity contribution in [3.8, 4) is 0 Å². The van der Waals surface area contributed by atoms with Gasteiger partial charge in [-0.25, -0.2) is 0 Å². The first kappa shape index (κ1) is 26.4. The Morgan fingerprint density at radius 2 is 1.03 bits per heavy atom. The Morgan fingerprint density at radius 3 is 1.39 bits per heavy atom. The molecule has 4 aliphatic heterocycles. The van der Waals surface area contributed by atoms with Crippen LogP contribution in [0.1, 0.15) is 23.2 Å². The van der Waals surface area contributed by atoms with Crippen molar-refractivity contribution in [2.75, 3.05) is 37.7 Å². The average Bonchev–Trinajstić information content (AvgIpc) is 3.50. The Kier molecular flexibility index (Phi) is 10.6. The van der Waals surface area contributed by atoms with E-state index in [0.29, 0.717) is 12.1 Å². The number of nitrogens with zero attached hydrogens (tertiary/aromatic N) is 4. The Hall–Kier alpha value is -0.834. The number of thioether (sulfide) groups is 2. The van der Waals surface area contributed by atoms with Crippen molar-refractivity contribution in [3.63, 3.8) is 0 Å². The summed E-state index contributed by atoms with van der Waals surface area (Å²) in [5, 5.41) is 2.50. The van der Waals surface area contributed by atoms with Crippen LogP contribution in [-0.2, 0) is 16.8 Å². The summed E-state index contributed by atoms with van der Waals surface area (Å²) in [6.45, 7) is 4.50. The quantitative estimate of drug-likeness (QED) is 0.457. The maximum absolute atomic E-state index is 4.73. The molecule has 0 spiro atoms. The van der Waals surface area contributed by atoms with Gasteiger partial charge in [0.1, 0.15) is 0 Å². The van der Waals surface area contributed by atoms with Crippen molar-refractivity contribution < 1.29 is 41.6 Å². The predicted octanol–water partition coefficient (Wildman–Crippen LogP) is -1.70. The van der Waals surface area contributed by atoms with Gasteiger partial charge in [-0.05, 0) is 11.1 Å². The van der Waals surface area contributed by atoms with Crippen LogP contribution in [0.3, 0.4) is 0 Å². The minimum absolute atomic E-state index is 0. The van der Waals surface area contributed by atoms with Crippen molar-refractivity contribution in [1.29, 1.82) is 0 Å². The molecule has 2 aromatic rings. The first-order valence-electron chi connectivity index (χ1n) is 9.88. The van der Waals surface area contributed by atoms with Gasteiger partial charge in [-0.15, -0.1) is 0 Å². The zero-order valence-electron chi connectivity index (χ0n) is 16.9. The SMILES string of the molecule is [Cl-].[Cl-].[Co+2].c1ccc(C2CN3CCSC3=N2)cc1.c1ccc(C2CN3CCSC3=N2)cc1. The van der Waals surface area contributed by atoms with Gasteiger partial charge in [0.25, 0.3) is 0 Å². The molecular weight excluding hydrogens is 514 g/mol. The van der Waals surface area contributed by atoms with Crippen molar-refractivity contribution in [3.05, 3.63) is 71.8 Å². The molecule has 0 aliphatic carbocycles. The summed E-state index contributed by atoms with van der Waals surface area (Å²) in [5.41, 5.74) is 2.69. The second-order valence-corrected chi connectivity index (χ2v) is 9.39. The van der Waals surface area contributed by atoms with E-state index in [0.717, 1.165) is 13.1 Å². The fourth-order valence-electron chi connectivity index (χ4n) is 3.92. The molecular formula is C22H24Cl2CoN4S2. The molecule has 2 unspecified atom stereocenters. The number of aliphatic imine (C=N–C) groups is 2. The summed E-state index contributed by atoms with van der Waals surface area (Å²) in [5.74, 6) is 2.42. The van der Waals surface area contributed by atoms with Crippen LogP contribution >= 0.6 is 23.5 Å². The van der Waals surface area contributed by atoms with E-state index in [1.165, 1.54) is 46.1 Å². The number of fused-ring (bicyclic) bond motifs is 2. The predicted molar refractivity (Wildman–Crippen MR) is 121 cm³/mol. The van der Waals surface area contributed by atoms with E-state index in [2.05, 4.69) is 70.5 Å². The molecule has 4 heterocycles. The van der Waals surface area contributed by atoms with E-state index in [4.69, 9.17) is 9.98 Å². The van der Waals surface area contributed by atoms with Gasteiger partial charge in [0, 0.05) is 37.7 Å². The van der Waals surface area contributed by atoms with Crippen LogP contribution in [0.25, 0.3) is 0 Å². The number of hydrogen-bond donors (Lipinski definition) is 0. The minimum Gasteiger partial charge on any atom is -1.00 e. The Balaban J connectivity index is 0.000000201. The number of halogens is 2. The molecule has 0 N–H and O–H groups in total. The summed E-state index contributed by atoms with van der Waals surface area (Å²) >= 11 is 3.77. The second kappa shape index (κ2) is 12.4. The van der Waals surface area contributed by atoms with E-state index in [9.17, 15) is 0 Å². The molecule has 2 atom stereocenters. The van der Waals surface area contributed by atoms with Crippen molar-refractivity contribution in [2.45, 2.75) is 12.1 Å². The van der Waals surface area contributed by atoms with Gasteiger partial charge in [-0.2, -0.15) is 0 Å².